The fourth-order valence-corrected chi connectivity index (χ4v) is 1.68. The molecule has 20 heavy (non-hydrogen) atoms. The molecule has 0 unspecified atom stereocenters. The van der Waals surface area contributed by atoms with Gasteiger partial charge >= 0.3 is 0 Å². The van der Waals surface area contributed by atoms with Crippen molar-refractivity contribution in [1.82, 2.24) is 9.78 Å². The number of nitrogens with zero attached hydrogens (tertiary/aromatic N) is 2. The Kier molecular flexibility index (Phi) is 6.24. The van der Waals surface area contributed by atoms with Crippen LogP contribution < -0.4 is 11.1 Å². The number of aromatic nitrogens is 2. The van der Waals surface area contributed by atoms with Gasteiger partial charge in [-0.05, 0) is 20.8 Å². The van der Waals surface area contributed by atoms with Crippen molar-refractivity contribution in [3.8, 4) is 0 Å². The first-order chi connectivity index (χ1) is 8.55. The van der Waals surface area contributed by atoms with Crippen molar-refractivity contribution >= 4 is 24.1 Å². The minimum Gasteiger partial charge on any atom is -0.330 e. The fraction of sp³-hybridized carbons (Fsp3) is 0.714. The van der Waals surface area contributed by atoms with Gasteiger partial charge in [-0.25, -0.2) is 4.68 Å². The lowest BCUT2D eigenvalue weighted by Crippen LogP contribution is -2.27. The molecule has 0 saturated carbocycles. The highest BCUT2D eigenvalue weighted by atomic mass is 35.5. The number of halogens is 1. The van der Waals surface area contributed by atoms with E-state index in [4.69, 9.17) is 5.73 Å². The highest BCUT2D eigenvalue weighted by Crippen LogP contribution is 2.28. The smallest absolute Gasteiger partial charge is 0.226 e. The maximum Gasteiger partial charge on any atom is 0.226 e. The Morgan fingerprint density at radius 1 is 1.30 bits per heavy atom. The van der Waals surface area contributed by atoms with Crippen molar-refractivity contribution in [2.45, 2.75) is 58.9 Å². The van der Waals surface area contributed by atoms with E-state index in [1.54, 1.807) is 0 Å². The topological polar surface area (TPSA) is 72.9 Å². The number of hydrogen-bond donors (Lipinski definition) is 2. The van der Waals surface area contributed by atoms with Gasteiger partial charge < -0.3 is 11.1 Å². The lowest BCUT2D eigenvalue weighted by molar-refractivity contribution is -0.116. The molecule has 0 fully saturated rings. The molecule has 1 amide bonds. The lowest BCUT2D eigenvalue weighted by atomic mass is 9.92. The van der Waals surface area contributed by atoms with Crippen LogP contribution in [0.2, 0.25) is 0 Å². The summed E-state index contributed by atoms with van der Waals surface area (Å²) in [7, 11) is 0. The van der Waals surface area contributed by atoms with Crippen LogP contribution in [0.3, 0.4) is 0 Å². The van der Waals surface area contributed by atoms with Gasteiger partial charge in [-0.15, -0.1) is 12.4 Å². The molecule has 1 aromatic heterocycles. The summed E-state index contributed by atoms with van der Waals surface area (Å²) >= 11 is 0. The second-order valence-corrected chi connectivity index (χ2v) is 6.83. The fourth-order valence-electron chi connectivity index (χ4n) is 1.68. The molecule has 0 saturated heterocycles. The number of anilines is 1. The molecule has 0 aliphatic heterocycles. The Hall–Kier alpha value is -1.07. The van der Waals surface area contributed by atoms with E-state index >= 15 is 0 Å². The van der Waals surface area contributed by atoms with E-state index in [1.165, 1.54) is 0 Å². The van der Waals surface area contributed by atoms with Gasteiger partial charge in [-0.2, -0.15) is 5.10 Å². The third-order valence-electron chi connectivity index (χ3n) is 2.75. The Morgan fingerprint density at radius 2 is 1.85 bits per heavy atom. The van der Waals surface area contributed by atoms with E-state index in [9.17, 15) is 4.79 Å². The summed E-state index contributed by atoms with van der Waals surface area (Å²) in [5.74, 6) is 0.657. The zero-order valence-corrected chi connectivity index (χ0v) is 14.1. The molecular weight excluding hydrogens is 276 g/mol. The zero-order valence-electron chi connectivity index (χ0n) is 13.3. The first-order valence-corrected chi connectivity index (χ1v) is 6.66. The predicted molar refractivity (Wildman–Crippen MR) is 85.5 cm³/mol. The summed E-state index contributed by atoms with van der Waals surface area (Å²) in [5.41, 5.74) is 6.12. The number of rotatable bonds is 3. The van der Waals surface area contributed by atoms with Crippen molar-refractivity contribution < 1.29 is 4.79 Å². The van der Waals surface area contributed by atoms with Crippen molar-refractivity contribution in [3.05, 3.63) is 11.8 Å². The molecule has 0 radical (unpaired) electrons. The van der Waals surface area contributed by atoms with Crippen LogP contribution in [0.1, 0.15) is 53.7 Å². The van der Waals surface area contributed by atoms with E-state index in [-0.39, 0.29) is 29.3 Å². The summed E-state index contributed by atoms with van der Waals surface area (Å²) in [6.45, 7) is 12.8. The predicted octanol–water partition coefficient (Wildman–Crippen LogP) is 2.64. The number of carbonyl (C=O) groups is 1. The van der Waals surface area contributed by atoms with Crippen molar-refractivity contribution in [2.24, 2.45) is 5.73 Å². The molecule has 6 heteroatoms. The van der Waals surface area contributed by atoms with Gasteiger partial charge in [0.15, 0.2) is 0 Å². The van der Waals surface area contributed by atoms with Gasteiger partial charge in [0, 0.05) is 24.4 Å². The normalized spacial score (nSPS) is 11.9. The molecule has 1 heterocycles. The van der Waals surface area contributed by atoms with Crippen LogP contribution in [-0.4, -0.2) is 22.2 Å². The van der Waals surface area contributed by atoms with Gasteiger partial charge in [0.25, 0.3) is 0 Å². The summed E-state index contributed by atoms with van der Waals surface area (Å²) in [6.07, 6.45) is 0.320. The largest absolute Gasteiger partial charge is 0.330 e. The summed E-state index contributed by atoms with van der Waals surface area (Å²) in [5, 5.41) is 7.53. The van der Waals surface area contributed by atoms with Crippen molar-refractivity contribution in [3.63, 3.8) is 0 Å². The quantitative estimate of drug-likeness (QED) is 0.901. The lowest BCUT2D eigenvalue weighted by Gasteiger charge is -2.23. The van der Waals surface area contributed by atoms with Crippen molar-refractivity contribution in [2.75, 3.05) is 11.9 Å². The molecule has 5 nitrogen and oxygen atoms in total. The van der Waals surface area contributed by atoms with Crippen molar-refractivity contribution in [1.29, 1.82) is 0 Å². The Labute approximate surface area is 127 Å². The molecule has 0 aromatic carbocycles. The van der Waals surface area contributed by atoms with Gasteiger partial charge in [-0.1, -0.05) is 20.8 Å². The minimum atomic E-state index is -0.186. The summed E-state index contributed by atoms with van der Waals surface area (Å²) < 4.78 is 1.86. The first-order valence-electron chi connectivity index (χ1n) is 6.66. The van der Waals surface area contributed by atoms with E-state index in [0.717, 1.165) is 11.5 Å². The van der Waals surface area contributed by atoms with Crippen LogP contribution in [0.25, 0.3) is 0 Å². The number of nitrogens with one attached hydrogen (secondary N) is 1. The molecule has 0 bridgehead atoms. The molecule has 1 aromatic rings. The second kappa shape index (κ2) is 6.59. The maximum atomic E-state index is 11.7. The van der Waals surface area contributed by atoms with Gasteiger partial charge in [0.2, 0.25) is 5.91 Å². The molecule has 0 atom stereocenters. The van der Waals surface area contributed by atoms with Crippen LogP contribution in [0.5, 0.6) is 0 Å². The molecule has 116 valence electrons. The SMILES string of the molecule is CC(C)(C)c1cc(NC(=O)CCN)n(C(C)(C)C)n1.Cl. The monoisotopic (exact) mass is 302 g/mol. The molecule has 0 aliphatic rings. The first kappa shape index (κ1) is 18.9. The Balaban J connectivity index is 0.00000361. The van der Waals surface area contributed by atoms with Gasteiger partial charge in [0.1, 0.15) is 5.82 Å². The number of nitrogens with two attached hydrogens (primary N) is 1. The van der Waals surface area contributed by atoms with Crippen LogP contribution >= 0.6 is 12.4 Å². The maximum absolute atomic E-state index is 11.7. The summed E-state index contributed by atoms with van der Waals surface area (Å²) in [6, 6.07) is 1.94. The van der Waals surface area contributed by atoms with Gasteiger partial charge in [-0.3, -0.25) is 4.79 Å². The molecule has 0 spiro atoms. The van der Waals surface area contributed by atoms with Crippen LogP contribution in [0, 0.1) is 0 Å². The zero-order chi connectivity index (χ0) is 14.8. The Morgan fingerprint density at radius 3 is 2.25 bits per heavy atom. The third-order valence-corrected chi connectivity index (χ3v) is 2.75. The molecular formula is C14H27ClN4O. The highest BCUT2D eigenvalue weighted by molar-refractivity contribution is 5.90. The minimum absolute atomic E-state index is 0. The second-order valence-electron chi connectivity index (χ2n) is 6.83. The average molecular weight is 303 g/mol. The standard InChI is InChI=1S/C14H26N4O.ClH/c1-13(2,3)10-9-11(16-12(19)7-8-15)18(17-10)14(4,5)6;/h9H,7-8,15H2,1-6H3,(H,16,19);1H. The van der Waals surface area contributed by atoms with Crippen LogP contribution in [0.15, 0.2) is 6.07 Å². The van der Waals surface area contributed by atoms with Crippen LogP contribution in [0.4, 0.5) is 5.82 Å². The van der Waals surface area contributed by atoms with Gasteiger partial charge in [0.05, 0.1) is 11.2 Å². The number of amides is 1. The van der Waals surface area contributed by atoms with E-state index < -0.39 is 0 Å². The van der Waals surface area contributed by atoms with E-state index in [1.807, 2.05) is 10.7 Å². The van der Waals surface area contributed by atoms with Crippen LogP contribution in [-0.2, 0) is 15.7 Å². The summed E-state index contributed by atoms with van der Waals surface area (Å²) in [4.78, 5) is 11.7. The number of carbonyl (C=O) groups excluding carboxylic acids is 1. The number of hydrogen-bond acceptors (Lipinski definition) is 3. The molecule has 3 N–H and O–H groups in total. The van der Waals surface area contributed by atoms with E-state index in [0.29, 0.717) is 13.0 Å². The third kappa shape index (κ3) is 4.80. The highest BCUT2D eigenvalue weighted by Gasteiger charge is 2.25. The Bertz CT molecular complexity index is 455. The molecule has 0 aliphatic carbocycles. The van der Waals surface area contributed by atoms with E-state index in [2.05, 4.69) is 52.0 Å². The average Bonchev–Trinajstić information content (AvgIpc) is 2.60. The molecule has 1 rings (SSSR count).